The third kappa shape index (κ3) is 4.38. The van der Waals surface area contributed by atoms with Crippen LogP contribution < -0.4 is 0 Å². The molecule has 0 aromatic heterocycles. The van der Waals surface area contributed by atoms with Crippen molar-refractivity contribution in [2.75, 3.05) is 6.61 Å². The van der Waals surface area contributed by atoms with Gasteiger partial charge in [-0.25, -0.2) is 0 Å². The summed E-state index contributed by atoms with van der Waals surface area (Å²) in [4.78, 5) is 0. The summed E-state index contributed by atoms with van der Waals surface area (Å²) in [7, 11) is 0.848. The Labute approximate surface area is 110 Å². The Hall–Kier alpha value is 0.137. The van der Waals surface area contributed by atoms with Gasteiger partial charge in [-0.05, 0) is 24.7 Å². The Balaban J connectivity index is 2.26. The van der Waals surface area contributed by atoms with E-state index in [9.17, 15) is 0 Å². The fourth-order valence-electron chi connectivity index (χ4n) is 3.00. The Morgan fingerprint density at radius 1 is 1.18 bits per heavy atom. The van der Waals surface area contributed by atoms with E-state index in [1.54, 1.807) is 0 Å². The summed E-state index contributed by atoms with van der Waals surface area (Å²) in [6, 6.07) is 0. The van der Waals surface area contributed by atoms with E-state index in [1.165, 1.54) is 32.1 Å². The lowest BCUT2D eigenvalue weighted by Crippen LogP contribution is -2.43. The summed E-state index contributed by atoms with van der Waals surface area (Å²) in [5.74, 6) is 1.23. The first-order valence-corrected chi connectivity index (χ1v) is 8.01. The molecule has 0 radical (unpaired) electrons. The van der Waals surface area contributed by atoms with Gasteiger partial charge in [-0.2, -0.15) is 0 Å². The van der Waals surface area contributed by atoms with Crippen LogP contribution in [-0.4, -0.2) is 28.8 Å². The van der Waals surface area contributed by atoms with Crippen LogP contribution in [0.1, 0.15) is 59.8 Å². The lowest BCUT2D eigenvalue weighted by Gasteiger charge is -2.41. The highest BCUT2D eigenvalue weighted by Gasteiger charge is 2.35. The molecule has 1 rings (SSSR count). The fraction of sp³-hybridized carbons (Fsp3) is 1.00. The molecule has 0 spiro atoms. The van der Waals surface area contributed by atoms with Crippen LogP contribution in [0.3, 0.4) is 0 Å². The van der Waals surface area contributed by atoms with Gasteiger partial charge in [0.25, 0.3) is 0 Å². The van der Waals surface area contributed by atoms with Crippen molar-refractivity contribution in [3.05, 3.63) is 0 Å². The van der Waals surface area contributed by atoms with Crippen molar-refractivity contribution >= 4 is 10.5 Å². The zero-order valence-electron chi connectivity index (χ0n) is 12.3. The molecule has 0 bridgehead atoms. The number of hydrogen-bond donors (Lipinski definition) is 0. The van der Waals surface area contributed by atoms with E-state index in [2.05, 4.69) is 27.7 Å². The molecule has 102 valence electrons. The van der Waals surface area contributed by atoms with Gasteiger partial charge in [0.1, 0.15) is 10.5 Å². The normalized spacial score (nSPS) is 20.5. The van der Waals surface area contributed by atoms with Gasteiger partial charge in [0.15, 0.2) is 0 Å². The average molecular weight is 258 g/mol. The molecule has 0 aromatic carbocycles. The summed E-state index contributed by atoms with van der Waals surface area (Å²) in [6.45, 7) is 10.2. The Morgan fingerprint density at radius 2 is 1.76 bits per heavy atom. The molecule has 1 atom stereocenters. The maximum absolute atomic E-state index is 6.02. The number of epoxide rings is 1. The topological polar surface area (TPSA) is 21.8 Å². The SMILES string of the molecule is CC(C)C(CCCCCC1CO1)(O[SiH3])C(C)C. The molecule has 1 heterocycles. The van der Waals surface area contributed by atoms with Crippen molar-refractivity contribution in [3.8, 4) is 0 Å². The van der Waals surface area contributed by atoms with E-state index in [0.717, 1.165) is 17.1 Å². The van der Waals surface area contributed by atoms with E-state index in [0.29, 0.717) is 17.9 Å². The maximum Gasteiger partial charge on any atom is 0.146 e. The molecule has 0 aliphatic carbocycles. The van der Waals surface area contributed by atoms with Crippen molar-refractivity contribution in [3.63, 3.8) is 0 Å². The smallest absolute Gasteiger partial charge is 0.146 e. The van der Waals surface area contributed by atoms with Gasteiger partial charge in [-0.3, -0.25) is 0 Å². The zero-order valence-corrected chi connectivity index (χ0v) is 14.3. The minimum atomic E-state index is 0.127. The number of hydrogen-bond acceptors (Lipinski definition) is 2. The van der Waals surface area contributed by atoms with Gasteiger partial charge in [-0.1, -0.05) is 47.0 Å². The summed E-state index contributed by atoms with van der Waals surface area (Å²) < 4.78 is 11.2. The van der Waals surface area contributed by atoms with Crippen molar-refractivity contribution in [2.45, 2.75) is 71.5 Å². The average Bonchev–Trinajstić information content (AvgIpc) is 3.06. The Bertz CT molecular complexity index is 204. The summed E-state index contributed by atoms with van der Waals surface area (Å²) in [5.41, 5.74) is 0.127. The molecule has 2 nitrogen and oxygen atoms in total. The molecule has 0 N–H and O–H groups in total. The summed E-state index contributed by atoms with van der Waals surface area (Å²) in [6.07, 6.45) is 7.02. The molecular weight excluding hydrogens is 228 g/mol. The fourth-order valence-corrected chi connectivity index (χ4v) is 4.15. The highest BCUT2D eigenvalue weighted by molar-refractivity contribution is 5.98. The Kier molecular flexibility index (Phi) is 6.17. The van der Waals surface area contributed by atoms with Crippen molar-refractivity contribution < 1.29 is 9.16 Å². The highest BCUT2D eigenvalue weighted by Crippen LogP contribution is 2.35. The quantitative estimate of drug-likeness (QED) is 0.360. The number of unbranched alkanes of at least 4 members (excludes halogenated alkanes) is 2. The van der Waals surface area contributed by atoms with Crippen LogP contribution in [-0.2, 0) is 9.16 Å². The second kappa shape index (κ2) is 6.91. The first kappa shape index (κ1) is 15.2. The molecule has 3 heteroatoms. The molecule has 17 heavy (non-hydrogen) atoms. The predicted octanol–water partition coefficient (Wildman–Crippen LogP) is 2.68. The molecule has 1 aliphatic rings. The van der Waals surface area contributed by atoms with E-state index in [4.69, 9.17) is 9.16 Å². The summed E-state index contributed by atoms with van der Waals surface area (Å²) in [5, 5.41) is 0. The third-order valence-corrected chi connectivity index (χ3v) is 5.09. The molecule has 0 amide bonds. The molecule has 1 aliphatic heterocycles. The number of rotatable bonds is 9. The second-order valence-electron chi connectivity index (χ2n) is 6.02. The monoisotopic (exact) mass is 258 g/mol. The molecule has 1 unspecified atom stereocenters. The Morgan fingerprint density at radius 3 is 2.18 bits per heavy atom. The van der Waals surface area contributed by atoms with Crippen LogP contribution in [0.4, 0.5) is 0 Å². The predicted molar refractivity (Wildman–Crippen MR) is 76.3 cm³/mol. The van der Waals surface area contributed by atoms with E-state index < -0.39 is 0 Å². The van der Waals surface area contributed by atoms with Gasteiger partial charge in [0.2, 0.25) is 0 Å². The van der Waals surface area contributed by atoms with Gasteiger partial charge < -0.3 is 9.16 Å². The zero-order chi connectivity index (χ0) is 12.9. The standard InChI is InChI=1S/C14H30O2Si/c1-11(2)14(16-17,12(3)4)9-7-5-6-8-13-10-15-13/h11-13H,5-10H2,1-4,17H3. The van der Waals surface area contributed by atoms with Crippen LogP contribution >= 0.6 is 0 Å². The highest BCUT2D eigenvalue weighted by atomic mass is 28.2. The first-order chi connectivity index (χ1) is 8.03. The molecule has 1 saturated heterocycles. The lowest BCUT2D eigenvalue weighted by molar-refractivity contribution is -0.0244. The summed E-state index contributed by atoms with van der Waals surface area (Å²) >= 11 is 0. The van der Waals surface area contributed by atoms with Gasteiger partial charge in [0, 0.05) is 0 Å². The molecule has 0 saturated carbocycles. The van der Waals surface area contributed by atoms with Crippen LogP contribution in [0, 0.1) is 11.8 Å². The molecule has 0 aromatic rings. The largest absolute Gasteiger partial charge is 0.422 e. The van der Waals surface area contributed by atoms with Gasteiger partial charge >= 0.3 is 0 Å². The number of ether oxygens (including phenoxy) is 1. The van der Waals surface area contributed by atoms with Gasteiger partial charge in [0.05, 0.1) is 18.3 Å². The van der Waals surface area contributed by atoms with Crippen molar-refractivity contribution in [1.29, 1.82) is 0 Å². The maximum atomic E-state index is 6.02. The van der Waals surface area contributed by atoms with E-state index in [1.807, 2.05) is 0 Å². The van der Waals surface area contributed by atoms with Crippen molar-refractivity contribution in [1.82, 2.24) is 0 Å². The third-order valence-electron chi connectivity index (χ3n) is 4.33. The minimum Gasteiger partial charge on any atom is -0.422 e. The second-order valence-corrected chi connectivity index (χ2v) is 6.43. The van der Waals surface area contributed by atoms with E-state index in [-0.39, 0.29) is 5.60 Å². The van der Waals surface area contributed by atoms with Gasteiger partial charge in [-0.15, -0.1) is 0 Å². The van der Waals surface area contributed by atoms with Crippen LogP contribution in [0.5, 0.6) is 0 Å². The minimum absolute atomic E-state index is 0.127. The van der Waals surface area contributed by atoms with Crippen LogP contribution in [0.15, 0.2) is 0 Å². The molecule has 1 fully saturated rings. The van der Waals surface area contributed by atoms with Crippen molar-refractivity contribution in [2.24, 2.45) is 11.8 Å². The first-order valence-electron chi connectivity index (χ1n) is 7.19. The van der Waals surface area contributed by atoms with Crippen LogP contribution in [0.2, 0.25) is 0 Å². The molecular formula is C14H30O2Si. The van der Waals surface area contributed by atoms with E-state index >= 15 is 0 Å². The lowest BCUT2D eigenvalue weighted by atomic mass is 9.77. The van der Waals surface area contributed by atoms with Crippen LogP contribution in [0.25, 0.3) is 0 Å².